The molecule has 0 unspecified atom stereocenters. The zero-order valence-electron chi connectivity index (χ0n) is 15.0. The van der Waals surface area contributed by atoms with Gasteiger partial charge in [-0.1, -0.05) is 12.1 Å². The molecule has 2 aromatic carbocycles. The first kappa shape index (κ1) is 18.5. The highest BCUT2D eigenvalue weighted by molar-refractivity contribution is 5.95. The largest absolute Gasteiger partial charge is 0.365 e. The van der Waals surface area contributed by atoms with Crippen molar-refractivity contribution in [2.24, 2.45) is 0 Å². The van der Waals surface area contributed by atoms with Crippen LogP contribution in [-0.4, -0.2) is 26.3 Å². The molecule has 1 aromatic heterocycles. The monoisotopic (exact) mass is 399 g/mol. The van der Waals surface area contributed by atoms with Crippen LogP contribution in [0.25, 0.3) is 0 Å². The van der Waals surface area contributed by atoms with E-state index in [1.165, 1.54) is 47.4 Å². The van der Waals surface area contributed by atoms with Gasteiger partial charge in [-0.15, -0.1) is 0 Å². The zero-order valence-corrected chi connectivity index (χ0v) is 15.0. The normalized spacial score (nSPS) is 12.9. The molecule has 0 saturated carbocycles. The zero-order chi connectivity index (χ0) is 20.5. The summed E-state index contributed by atoms with van der Waals surface area (Å²) in [5.74, 6) is -1.22. The fraction of sp³-hybridized carbons (Fsp3) is 0.158. The molecule has 0 atom stereocenters. The van der Waals surface area contributed by atoms with Gasteiger partial charge in [0.1, 0.15) is 18.2 Å². The van der Waals surface area contributed by atoms with Gasteiger partial charge >= 0.3 is 11.7 Å². The molecule has 1 aliphatic heterocycles. The Kier molecular flexibility index (Phi) is 4.67. The Morgan fingerprint density at radius 2 is 1.83 bits per heavy atom. The summed E-state index contributed by atoms with van der Waals surface area (Å²) in [6.45, 7) is -0.330. The summed E-state index contributed by atoms with van der Waals surface area (Å²) in [4.78, 5) is 42.2. The van der Waals surface area contributed by atoms with Crippen LogP contribution in [0.5, 0.6) is 0 Å². The van der Waals surface area contributed by atoms with Gasteiger partial charge in [0.25, 0.3) is 0 Å². The van der Waals surface area contributed by atoms with E-state index in [4.69, 9.17) is 0 Å². The lowest BCUT2D eigenvalue weighted by atomic mass is 10.2. The van der Waals surface area contributed by atoms with E-state index in [0.29, 0.717) is 11.3 Å². The fourth-order valence-electron chi connectivity index (χ4n) is 3.08. The maximum absolute atomic E-state index is 13.2. The highest BCUT2D eigenvalue weighted by Gasteiger charge is 2.33. The third-order valence-electron chi connectivity index (χ3n) is 4.45. The second-order valence-electron chi connectivity index (χ2n) is 6.43. The number of carbonyl (C=O) groups is 2. The van der Waals surface area contributed by atoms with Gasteiger partial charge in [0, 0.05) is 12.2 Å². The molecule has 3 aromatic rings. The lowest BCUT2D eigenvalue weighted by Gasteiger charge is -2.15. The number of halogens is 2. The number of amides is 2. The van der Waals surface area contributed by atoms with Crippen LogP contribution in [-0.2, 0) is 24.4 Å². The second kappa shape index (κ2) is 7.30. The second-order valence-corrected chi connectivity index (χ2v) is 6.43. The number of benzene rings is 2. The minimum absolute atomic E-state index is 0.0254. The van der Waals surface area contributed by atoms with E-state index in [2.05, 4.69) is 10.3 Å². The van der Waals surface area contributed by atoms with Crippen LogP contribution in [0.1, 0.15) is 11.4 Å². The van der Waals surface area contributed by atoms with Crippen LogP contribution in [0.4, 0.5) is 19.3 Å². The van der Waals surface area contributed by atoms with Crippen molar-refractivity contribution in [3.8, 4) is 0 Å². The third kappa shape index (κ3) is 3.64. The van der Waals surface area contributed by atoms with Gasteiger partial charge in [-0.2, -0.15) is 9.67 Å². The molecular weight excluding hydrogens is 384 g/mol. The number of aromatic nitrogens is 3. The van der Waals surface area contributed by atoms with E-state index in [1.807, 2.05) is 0 Å². The van der Waals surface area contributed by atoms with Crippen LogP contribution in [0, 0.1) is 11.6 Å². The average Bonchev–Trinajstić information content (AvgIpc) is 3.17. The highest BCUT2D eigenvalue weighted by atomic mass is 19.1. The molecular formula is C19H15F2N5O3. The summed E-state index contributed by atoms with van der Waals surface area (Å²) in [5.41, 5.74) is 0.271. The predicted octanol–water partition coefficient (Wildman–Crippen LogP) is 1.63. The first-order chi connectivity index (χ1) is 13.9. The lowest BCUT2D eigenvalue weighted by molar-refractivity contribution is -0.122. The SMILES string of the molecule is O=C(Cn1c(=O)nc2n1C(=O)N(c1ccc(F)cc1)C2)NCc1cccc(F)c1. The lowest BCUT2D eigenvalue weighted by Crippen LogP contribution is -2.38. The van der Waals surface area contributed by atoms with Crippen molar-refractivity contribution in [3.63, 3.8) is 0 Å². The van der Waals surface area contributed by atoms with Crippen LogP contribution in [0.2, 0.25) is 0 Å². The number of nitrogens with one attached hydrogen (secondary N) is 1. The summed E-state index contributed by atoms with van der Waals surface area (Å²) >= 11 is 0. The van der Waals surface area contributed by atoms with Crippen molar-refractivity contribution < 1.29 is 18.4 Å². The van der Waals surface area contributed by atoms with Gasteiger partial charge in [-0.25, -0.2) is 23.1 Å². The number of fused-ring (bicyclic) bond motifs is 1. The molecule has 10 heteroatoms. The van der Waals surface area contributed by atoms with Crippen LogP contribution < -0.4 is 15.9 Å². The number of rotatable bonds is 5. The molecule has 0 fully saturated rings. The molecule has 4 rings (SSSR count). The molecule has 0 aliphatic carbocycles. The van der Waals surface area contributed by atoms with Crippen LogP contribution in [0.15, 0.2) is 53.3 Å². The van der Waals surface area contributed by atoms with Crippen LogP contribution >= 0.6 is 0 Å². The number of hydrogen-bond acceptors (Lipinski definition) is 4. The molecule has 8 nitrogen and oxygen atoms in total. The molecule has 1 aliphatic rings. The number of carbonyl (C=O) groups excluding carboxylic acids is 2. The van der Waals surface area contributed by atoms with E-state index in [1.54, 1.807) is 6.07 Å². The molecule has 0 spiro atoms. The molecule has 0 radical (unpaired) electrons. The van der Waals surface area contributed by atoms with Gasteiger partial charge in [-0.3, -0.25) is 9.69 Å². The van der Waals surface area contributed by atoms with E-state index in [-0.39, 0.29) is 18.9 Å². The Morgan fingerprint density at radius 1 is 1.07 bits per heavy atom. The van der Waals surface area contributed by atoms with E-state index >= 15 is 0 Å². The maximum atomic E-state index is 13.2. The first-order valence-corrected chi connectivity index (χ1v) is 8.69. The van der Waals surface area contributed by atoms with Gasteiger partial charge in [0.15, 0.2) is 5.82 Å². The van der Waals surface area contributed by atoms with Crippen molar-refractivity contribution in [1.82, 2.24) is 19.7 Å². The highest BCUT2D eigenvalue weighted by Crippen LogP contribution is 2.23. The number of nitrogens with zero attached hydrogens (tertiary/aromatic N) is 4. The maximum Gasteiger partial charge on any atom is 0.365 e. The Bertz CT molecular complexity index is 1150. The predicted molar refractivity (Wildman–Crippen MR) is 98.1 cm³/mol. The van der Waals surface area contributed by atoms with Crippen molar-refractivity contribution in [1.29, 1.82) is 0 Å². The van der Waals surface area contributed by atoms with Crippen molar-refractivity contribution in [2.75, 3.05) is 4.90 Å². The van der Waals surface area contributed by atoms with Gasteiger partial charge in [0.2, 0.25) is 5.91 Å². The standard InChI is InChI=1S/C19H15F2N5O3/c20-13-4-6-15(7-5-13)24-10-16-23-18(28)25(26(16)19(24)29)11-17(27)22-9-12-2-1-3-14(21)8-12/h1-8H,9-11H2,(H,22,27). The molecule has 0 bridgehead atoms. The summed E-state index contributed by atoms with van der Waals surface area (Å²) in [7, 11) is 0. The smallest absolute Gasteiger partial charge is 0.350 e. The summed E-state index contributed by atoms with van der Waals surface area (Å²) < 4.78 is 28.3. The number of anilines is 1. The quantitative estimate of drug-likeness (QED) is 0.706. The molecule has 1 N–H and O–H groups in total. The van der Waals surface area contributed by atoms with E-state index in [0.717, 1.165) is 9.36 Å². The Hall–Kier alpha value is -3.82. The third-order valence-corrected chi connectivity index (χ3v) is 4.45. The molecule has 2 amide bonds. The fourth-order valence-corrected chi connectivity index (χ4v) is 3.08. The summed E-state index contributed by atoms with van der Waals surface area (Å²) in [6, 6.07) is 10.5. The van der Waals surface area contributed by atoms with Crippen molar-refractivity contribution >= 4 is 17.6 Å². The van der Waals surface area contributed by atoms with Crippen molar-refractivity contribution in [2.45, 2.75) is 19.6 Å². The van der Waals surface area contributed by atoms with E-state index < -0.39 is 35.8 Å². The van der Waals surface area contributed by atoms with Crippen molar-refractivity contribution in [3.05, 3.63) is 82.0 Å². The van der Waals surface area contributed by atoms with Gasteiger partial charge in [-0.05, 0) is 42.0 Å². The Morgan fingerprint density at radius 3 is 2.55 bits per heavy atom. The molecule has 0 saturated heterocycles. The molecule has 148 valence electrons. The molecule has 2 heterocycles. The molecule has 29 heavy (non-hydrogen) atoms. The summed E-state index contributed by atoms with van der Waals surface area (Å²) in [5, 5.41) is 2.57. The van der Waals surface area contributed by atoms with E-state index in [9.17, 15) is 23.2 Å². The Balaban J connectivity index is 1.49. The average molecular weight is 399 g/mol. The minimum atomic E-state index is -0.729. The van der Waals surface area contributed by atoms with Crippen LogP contribution in [0.3, 0.4) is 0 Å². The Labute approximate surface area is 163 Å². The van der Waals surface area contributed by atoms with Gasteiger partial charge < -0.3 is 5.32 Å². The topological polar surface area (TPSA) is 89.2 Å². The first-order valence-electron chi connectivity index (χ1n) is 8.69. The summed E-state index contributed by atoms with van der Waals surface area (Å²) in [6.07, 6.45) is 0. The minimum Gasteiger partial charge on any atom is -0.350 e. The van der Waals surface area contributed by atoms with Gasteiger partial charge in [0.05, 0.1) is 6.54 Å². The number of hydrogen-bond donors (Lipinski definition) is 1.